The molecule has 1 aromatic rings. The molecule has 17 heavy (non-hydrogen) atoms. The maximum Gasteiger partial charge on any atom is 0.275 e. The van der Waals surface area contributed by atoms with Crippen molar-refractivity contribution in [2.45, 2.75) is 20.0 Å². The normalized spacial score (nSPS) is 10.2. The summed E-state index contributed by atoms with van der Waals surface area (Å²) in [6.45, 7) is 2.52. The fourth-order valence-electron chi connectivity index (χ4n) is 1.31. The summed E-state index contributed by atoms with van der Waals surface area (Å²) in [6, 6.07) is 3.63. The maximum atomic E-state index is 10.8. The molecule has 0 atom stereocenters. The number of benzene rings is 1. The van der Waals surface area contributed by atoms with Crippen molar-refractivity contribution in [3.05, 3.63) is 39.4 Å². The van der Waals surface area contributed by atoms with Crippen molar-refractivity contribution >= 4 is 11.7 Å². The van der Waals surface area contributed by atoms with Crippen LogP contribution in [0.1, 0.15) is 29.3 Å². The van der Waals surface area contributed by atoms with Gasteiger partial charge in [-0.1, -0.05) is 13.0 Å². The predicted molar refractivity (Wildman–Crippen MR) is 57.4 cm³/mol. The average molecular weight is 238 g/mol. The highest BCUT2D eigenvalue weighted by Crippen LogP contribution is 2.21. The van der Waals surface area contributed by atoms with Gasteiger partial charge in [-0.3, -0.25) is 10.1 Å². The number of nitrogens with zero attached hydrogens (tertiary/aromatic N) is 1. The molecule has 1 aromatic carbocycles. The zero-order valence-electron chi connectivity index (χ0n) is 9.34. The molecule has 0 unspecified atom stereocenters. The lowest BCUT2D eigenvalue weighted by Crippen LogP contribution is -2.22. The van der Waals surface area contributed by atoms with Crippen LogP contribution in [0.2, 0.25) is 0 Å². The van der Waals surface area contributed by atoms with Gasteiger partial charge in [0.1, 0.15) is 0 Å². The van der Waals surface area contributed by atoms with Crippen molar-refractivity contribution < 1.29 is 19.6 Å². The molecule has 0 N–H and O–H groups in total. The van der Waals surface area contributed by atoms with Crippen molar-refractivity contribution in [3.8, 4) is 0 Å². The first-order chi connectivity index (χ1) is 8.06. The summed E-state index contributed by atoms with van der Waals surface area (Å²) >= 11 is 0. The van der Waals surface area contributed by atoms with E-state index < -0.39 is 10.9 Å². The molecule has 0 aliphatic carbocycles. The molecule has 1 rings (SSSR count). The lowest BCUT2D eigenvalue weighted by molar-refractivity contribution is -0.386. The smallest absolute Gasteiger partial charge is 0.275 e. The van der Waals surface area contributed by atoms with Gasteiger partial charge in [0, 0.05) is 18.2 Å². The van der Waals surface area contributed by atoms with Gasteiger partial charge in [-0.15, -0.1) is 0 Å². The van der Waals surface area contributed by atoms with E-state index in [1.165, 1.54) is 12.1 Å². The molecular formula is C11H12NO5-. The minimum atomic E-state index is -1.44. The number of nitro groups is 1. The summed E-state index contributed by atoms with van der Waals surface area (Å²) < 4.78 is 5.19. The Kier molecular flexibility index (Phi) is 4.59. The van der Waals surface area contributed by atoms with E-state index in [0.717, 1.165) is 12.5 Å². The molecule has 0 radical (unpaired) electrons. The first-order valence-electron chi connectivity index (χ1n) is 5.12. The molecular weight excluding hydrogens is 226 g/mol. The maximum absolute atomic E-state index is 10.8. The second kappa shape index (κ2) is 5.95. The van der Waals surface area contributed by atoms with E-state index in [1.54, 1.807) is 0 Å². The minimum absolute atomic E-state index is 0.0947. The number of rotatable bonds is 6. The molecule has 6 nitrogen and oxygen atoms in total. The van der Waals surface area contributed by atoms with Gasteiger partial charge in [0.25, 0.3) is 5.69 Å². The van der Waals surface area contributed by atoms with Crippen LogP contribution in [0.25, 0.3) is 0 Å². The summed E-state index contributed by atoms with van der Waals surface area (Å²) in [5.41, 5.74) is -0.118. The molecule has 0 aromatic heterocycles. The molecule has 0 spiro atoms. The van der Waals surface area contributed by atoms with Gasteiger partial charge < -0.3 is 14.6 Å². The summed E-state index contributed by atoms with van der Waals surface area (Å²) in [5.74, 6) is -1.44. The van der Waals surface area contributed by atoms with Crippen LogP contribution in [0, 0.1) is 10.1 Å². The number of hydrogen-bond donors (Lipinski definition) is 0. The van der Waals surface area contributed by atoms with Gasteiger partial charge in [-0.2, -0.15) is 0 Å². The van der Waals surface area contributed by atoms with E-state index >= 15 is 0 Å². The number of carboxylic acid groups (broad SMARTS) is 1. The Hall–Kier alpha value is -1.95. The molecule has 0 aliphatic rings. The zero-order chi connectivity index (χ0) is 12.8. The van der Waals surface area contributed by atoms with Crippen molar-refractivity contribution in [1.29, 1.82) is 0 Å². The Morgan fingerprint density at radius 1 is 1.47 bits per heavy atom. The van der Waals surface area contributed by atoms with Crippen molar-refractivity contribution in [2.75, 3.05) is 6.61 Å². The second-order valence-corrected chi connectivity index (χ2v) is 3.44. The van der Waals surface area contributed by atoms with Gasteiger partial charge >= 0.3 is 0 Å². The summed E-state index contributed by atoms with van der Waals surface area (Å²) in [4.78, 5) is 20.7. The largest absolute Gasteiger partial charge is 0.545 e. The fourth-order valence-corrected chi connectivity index (χ4v) is 1.31. The molecule has 0 bridgehead atoms. The van der Waals surface area contributed by atoms with Gasteiger partial charge in [-0.25, -0.2) is 0 Å². The van der Waals surface area contributed by atoms with E-state index in [9.17, 15) is 20.0 Å². The highest BCUT2D eigenvalue weighted by atomic mass is 16.6. The van der Waals surface area contributed by atoms with E-state index in [-0.39, 0.29) is 17.9 Å². The first kappa shape index (κ1) is 13.1. The lowest BCUT2D eigenvalue weighted by Gasteiger charge is -2.07. The average Bonchev–Trinajstić information content (AvgIpc) is 2.29. The summed E-state index contributed by atoms with van der Waals surface area (Å²) in [7, 11) is 0. The second-order valence-electron chi connectivity index (χ2n) is 3.44. The summed E-state index contributed by atoms with van der Waals surface area (Å²) in [6.07, 6.45) is 0.810. The molecule has 0 heterocycles. The number of carbonyl (C=O) groups is 1. The zero-order valence-corrected chi connectivity index (χ0v) is 9.34. The number of hydrogen-bond acceptors (Lipinski definition) is 5. The molecule has 6 heteroatoms. The molecule has 0 saturated heterocycles. The van der Waals surface area contributed by atoms with Crippen LogP contribution in [0.15, 0.2) is 18.2 Å². The third kappa shape index (κ3) is 3.53. The van der Waals surface area contributed by atoms with Crippen LogP contribution in [0.3, 0.4) is 0 Å². The van der Waals surface area contributed by atoms with Crippen molar-refractivity contribution in [2.24, 2.45) is 0 Å². The first-order valence-corrected chi connectivity index (χ1v) is 5.12. The van der Waals surface area contributed by atoms with Gasteiger partial charge in [0.15, 0.2) is 0 Å². The lowest BCUT2D eigenvalue weighted by atomic mass is 10.1. The molecule has 0 saturated carbocycles. The minimum Gasteiger partial charge on any atom is -0.545 e. The predicted octanol–water partition coefficient (Wildman–Crippen LogP) is 0.885. The highest BCUT2D eigenvalue weighted by Gasteiger charge is 2.14. The SMILES string of the molecule is CCCOCc1ccc(C(=O)[O-])cc1[N+](=O)[O-]. The Morgan fingerprint density at radius 3 is 2.71 bits per heavy atom. The Morgan fingerprint density at radius 2 is 2.18 bits per heavy atom. The third-order valence-electron chi connectivity index (χ3n) is 2.12. The molecule has 0 fully saturated rings. The number of ether oxygens (including phenoxy) is 1. The number of nitro benzene ring substituents is 1. The topological polar surface area (TPSA) is 92.5 Å². The van der Waals surface area contributed by atoms with Gasteiger partial charge in [0.05, 0.1) is 23.1 Å². The number of carbonyl (C=O) groups excluding carboxylic acids is 1. The van der Waals surface area contributed by atoms with E-state index in [0.29, 0.717) is 12.2 Å². The Bertz CT molecular complexity index is 430. The van der Waals surface area contributed by atoms with Crippen LogP contribution in [0.5, 0.6) is 0 Å². The van der Waals surface area contributed by atoms with Crippen LogP contribution in [-0.4, -0.2) is 17.5 Å². The summed E-state index contributed by atoms with van der Waals surface area (Å²) in [5, 5.41) is 21.3. The van der Waals surface area contributed by atoms with E-state index in [4.69, 9.17) is 4.74 Å². The molecule has 0 aliphatic heterocycles. The van der Waals surface area contributed by atoms with E-state index in [1.807, 2.05) is 6.92 Å². The van der Waals surface area contributed by atoms with Crippen molar-refractivity contribution in [3.63, 3.8) is 0 Å². The quantitative estimate of drug-likeness (QED) is 0.416. The molecule has 92 valence electrons. The van der Waals surface area contributed by atoms with Gasteiger partial charge in [0.2, 0.25) is 0 Å². The Balaban J connectivity index is 2.96. The monoisotopic (exact) mass is 238 g/mol. The van der Waals surface area contributed by atoms with Gasteiger partial charge in [-0.05, 0) is 12.5 Å². The number of aromatic carboxylic acids is 1. The van der Waals surface area contributed by atoms with Crippen LogP contribution < -0.4 is 5.11 Å². The van der Waals surface area contributed by atoms with Crippen molar-refractivity contribution in [1.82, 2.24) is 0 Å². The number of carboxylic acids is 1. The Labute approximate surface area is 98.0 Å². The standard InChI is InChI=1S/C11H13NO5/c1-2-5-17-7-9-4-3-8(11(13)14)6-10(9)12(15)16/h3-4,6H,2,5,7H2,1H3,(H,13,14)/p-1. The van der Waals surface area contributed by atoms with E-state index in [2.05, 4.69) is 0 Å². The molecule has 0 amide bonds. The van der Waals surface area contributed by atoms with Crippen LogP contribution >= 0.6 is 0 Å². The van der Waals surface area contributed by atoms with Crippen LogP contribution in [-0.2, 0) is 11.3 Å². The van der Waals surface area contributed by atoms with Crippen LogP contribution in [0.4, 0.5) is 5.69 Å². The highest BCUT2D eigenvalue weighted by molar-refractivity contribution is 5.86. The third-order valence-corrected chi connectivity index (χ3v) is 2.12. The fraction of sp³-hybridized carbons (Fsp3) is 0.364.